The topological polar surface area (TPSA) is 46.5 Å². The molecule has 0 bridgehead atoms. The minimum atomic E-state index is -1.38. The van der Waals surface area contributed by atoms with Crippen LogP contribution in [0.4, 0.5) is 0 Å². The van der Waals surface area contributed by atoms with E-state index in [1.165, 1.54) is 0 Å². The van der Waals surface area contributed by atoms with Crippen LogP contribution in [0.5, 0.6) is 0 Å². The van der Waals surface area contributed by atoms with Crippen LogP contribution in [0.2, 0.25) is 19.6 Å². The SMILES string of the molecule is CC(C)(C)OC(=O)[C@H]1/C(=C\[Si](C)(C)C)CC[C@@H]1O. The molecule has 18 heavy (non-hydrogen) atoms. The van der Waals surface area contributed by atoms with Crippen molar-refractivity contribution in [1.29, 1.82) is 0 Å². The summed E-state index contributed by atoms with van der Waals surface area (Å²) in [5, 5.41) is 10.00. The van der Waals surface area contributed by atoms with E-state index in [1.54, 1.807) is 0 Å². The van der Waals surface area contributed by atoms with Crippen molar-refractivity contribution in [3.63, 3.8) is 0 Å². The van der Waals surface area contributed by atoms with Gasteiger partial charge in [0.05, 0.1) is 14.2 Å². The fourth-order valence-corrected chi connectivity index (χ4v) is 3.71. The highest BCUT2D eigenvalue weighted by Gasteiger charge is 2.39. The number of aliphatic hydroxyl groups excluding tert-OH is 1. The maximum absolute atomic E-state index is 12.2. The van der Waals surface area contributed by atoms with Gasteiger partial charge in [-0.15, -0.1) is 0 Å². The van der Waals surface area contributed by atoms with Crippen molar-refractivity contribution in [2.75, 3.05) is 0 Å². The first-order chi connectivity index (χ1) is 7.99. The van der Waals surface area contributed by atoms with Crippen molar-refractivity contribution >= 4 is 14.0 Å². The Labute approximate surface area is 111 Å². The van der Waals surface area contributed by atoms with Crippen LogP contribution in [0.3, 0.4) is 0 Å². The smallest absolute Gasteiger partial charge is 0.316 e. The van der Waals surface area contributed by atoms with E-state index in [0.29, 0.717) is 6.42 Å². The van der Waals surface area contributed by atoms with Crippen LogP contribution in [-0.4, -0.2) is 30.9 Å². The summed E-state index contributed by atoms with van der Waals surface area (Å²) in [6.45, 7) is 12.3. The van der Waals surface area contributed by atoms with Gasteiger partial charge in [-0.05, 0) is 33.6 Å². The molecule has 0 saturated heterocycles. The molecule has 1 fully saturated rings. The first kappa shape index (κ1) is 15.4. The lowest BCUT2D eigenvalue weighted by atomic mass is 10.0. The average molecular weight is 270 g/mol. The van der Waals surface area contributed by atoms with Crippen LogP contribution in [0.15, 0.2) is 11.3 Å². The molecule has 0 aromatic heterocycles. The second kappa shape index (κ2) is 5.17. The number of hydrogen-bond donors (Lipinski definition) is 1. The van der Waals surface area contributed by atoms with Crippen molar-refractivity contribution in [2.45, 2.75) is 65.0 Å². The van der Waals surface area contributed by atoms with Crippen molar-refractivity contribution < 1.29 is 14.6 Å². The van der Waals surface area contributed by atoms with E-state index in [4.69, 9.17) is 4.74 Å². The molecule has 1 aliphatic rings. The third-order valence-corrected chi connectivity index (χ3v) is 4.03. The van der Waals surface area contributed by atoms with Crippen molar-refractivity contribution in [2.24, 2.45) is 5.92 Å². The summed E-state index contributed by atoms with van der Waals surface area (Å²) in [6, 6.07) is 0. The first-order valence-electron chi connectivity index (χ1n) is 6.62. The Morgan fingerprint density at radius 1 is 1.39 bits per heavy atom. The lowest BCUT2D eigenvalue weighted by Crippen LogP contribution is -2.33. The predicted molar refractivity (Wildman–Crippen MR) is 76.0 cm³/mol. The zero-order chi connectivity index (χ0) is 14.1. The minimum Gasteiger partial charge on any atom is -0.459 e. The van der Waals surface area contributed by atoms with Crippen LogP contribution in [0.1, 0.15) is 33.6 Å². The average Bonchev–Trinajstić information content (AvgIpc) is 2.40. The molecular formula is C14H26O3Si. The Morgan fingerprint density at radius 3 is 2.39 bits per heavy atom. The monoisotopic (exact) mass is 270 g/mol. The Bertz CT molecular complexity index is 347. The normalized spacial score (nSPS) is 27.6. The van der Waals surface area contributed by atoms with E-state index in [1.807, 2.05) is 20.8 Å². The molecule has 4 heteroatoms. The Kier molecular flexibility index (Phi) is 4.44. The first-order valence-corrected chi connectivity index (χ1v) is 10.2. The molecule has 1 N–H and O–H groups in total. The summed E-state index contributed by atoms with van der Waals surface area (Å²) >= 11 is 0. The van der Waals surface area contributed by atoms with Crippen molar-refractivity contribution in [3.8, 4) is 0 Å². The third-order valence-electron chi connectivity index (χ3n) is 2.79. The van der Waals surface area contributed by atoms with Gasteiger partial charge in [0.1, 0.15) is 11.5 Å². The third kappa shape index (κ3) is 4.57. The molecule has 3 nitrogen and oxygen atoms in total. The van der Waals surface area contributed by atoms with Gasteiger partial charge >= 0.3 is 5.97 Å². The van der Waals surface area contributed by atoms with E-state index < -0.39 is 25.7 Å². The maximum atomic E-state index is 12.2. The Morgan fingerprint density at radius 2 is 1.94 bits per heavy atom. The summed E-state index contributed by atoms with van der Waals surface area (Å²) in [5.41, 5.74) is 2.82. The largest absolute Gasteiger partial charge is 0.459 e. The van der Waals surface area contributed by atoms with Crippen molar-refractivity contribution in [1.82, 2.24) is 0 Å². The van der Waals surface area contributed by atoms with Gasteiger partial charge in [-0.1, -0.05) is 30.9 Å². The second-order valence-electron chi connectivity index (χ2n) is 7.20. The van der Waals surface area contributed by atoms with E-state index in [2.05, 4.69) is 25.3 Å². The van der Waals surface area contributed by atoms with Gasteiger partial charge in [0.2, 0.25) is 0 Å². The molecular weight excluding hydrogens is 244 g/mol. The van der Waals surface area contributed by atoms with Gasteiger partial charge in [-0.2, -0.15) is 0 Å². The molecule has 0 aromatic rings. The zero-order valence-corrected chi connectivity index (χ0v) is 13.4. The van der Waals surface area contributed by atoms with E-state index in [-0.39, 0.29) is 5.97 Å². The Hall–Kier alpha value is -0.613. The summed E-state index contributed by atoms with van der Waals surface area (Å²) in [6.07, 6.45) is 0.901. The second-order valence-corrected chi connectivity index (χ2v) is 12.2. The molecule has 1 saturated carbocycles. The number of aliphatic hydroxyl groups is 1. The standard InChI is InChI=1S/C14H26O3Si/c1-14(2,3)17-13(16)12-10(7-8-11(12)15)9-18(4,5)6/h9,11-12,15H,7-8H2,1-6H3/b10-9-/t11-,12-/m0/s1. The van der Waals surface area contributed by atoms with Crippen LogP contribution in [-0.2, 0) is 9.53 Å². The molecule has 1 aliphatic carbocycles. The van der Waals surface area contributed by atoms with Gasteiger partial charge in [-0.3, -0.25) is 4.79 Å². The molecule has 2 atom stereocenters. The number of esters is 1. The van der Waals surface area contributed by atoms with Gasteiger partial charge in [0, 0.05) is 0 Å². The van der Waals surface area contributed by atoms with E-state index in [0.717, 1.165) is 12.0 Å². The fourth-order valence-electron chi connectivity index (χ4n) is 2.28. The van der Waals surface area contributed by atoms with Gasteiger partial charge in [0.25, 0.3) is 0 Å². The molecule has 0 amide bonds. The van der Waals surface area contributed by atoms with Crippen LogP contribution >= 0.6 is 0 Å². The predicted octanol–water partition coefficient (Wildman–Crippen LogP) is 2.90. The highest BCUT2D eigenvalue weighted by Crippen LogP contribution is 2.34. The molecule has 104 valence electrons. The lowest BCUT2D eigenvalue weighted by Gasteiger charge is -2.24. The summed E-state index contributed by atoms with van der Waals surface area (Å²) < 4.78 is 5.41. The minimum absolute atomic E-state index is 0.281. The molecule has 1 rings (SSSR count). The molecule has 0 aliphatic heterocycles. The Balaban J connectivity index is 2.90. The number of carbonyl (C=O) groups excluding carboxylic acids is 1. The van der Waals surface area contributed by atoms with Gasteiger partial charge < -0.3 is 9.84 Å². The number of ether oxygens (including phenoxy) is 1. The number of rotatable bonds is 2. The summed E-state index contributed by atoms with van der Waals surface area (Å²) in [4.78, 5) is 12.2. The van der Waals surface area contributed by atoms with Gasteiger partial charge in [-0.25, -0.2) is 0 Å². The molecule has 0 spiro atoms. The molecule has 0 aromatic carbocycles. The molecule has 0 unspecified atom stereocenters. The highest BCUT2D eigenvalue weighted by atomic mass is 28.3. The van der Waals surface area contributed by atoms with Crippen molar-refractivity contribution in [3.05, 3.63) is 11.3 Å². The fraction of sp³-hybridized carbons (Fsp3) is 0.786. The quantitative estimate of drug-likeness (QED) is 0.620. The summed E-state index contributed by atoms with van der Waals surface area (Å²) in [5.74, 6) is -0.729. The van der Waals surface area contributed by atoms with Gasteiger partial charge in [0.15, 0.2) is 0 Å². The zero-order valence-electron chi connectivity index (χ0n) is 12.4. The number of carbonyl (C=O) groups is 1. The lowest BCUT2D eigenvalue weighted by molar-refractivity contribution is -0.161. The van der Waals surface area contributed by atoms with E-state index >= 15 is 0 Å². The maximum Gasteiger partial charge on any atom is 0.316 e. The molecule has 0 heterocycles. The number of hydrogen-bond acceptors (Lipinski definition) is 3. The van der Waals surface area contributed by atoms with Crippen LogP contribution in [0.25, 0.3) is 0 Å². The van der Waals surface area contributed by atoms with E-state index in [9.17, 15) is 9.90 Å². The molecule has 0 radical (unpaired) electrons. The van der Waals surface area contributed by atoms with Crippen LogP contribution < -0.4 is 0 Å². The highest BCUT2D eigenvalue weighted by molar-refractivity contribution is 6.81. The summed E-state index contributed by atoms with van der Waals surface area (Å²) in [7, 11) is -1.38. The van der Waals surface area contributed by atoms with Crippen LogP contribution in [0, 0.1) is 5.92 Å².